The number of fused-ring (bicyclic) bond motifs is 1. The molecule has 2 aromatic carbocycles. The van der Waals surface area contributed by atoms with Gasteiger partial charge in [0.15, 0.2) is 5.12 Å². The van der Waals surface area contributed by atoms with Gasteiger partial charge in [-0.25, -0.2) is 0 Å². The third-order valence-corrected chi connectivity index (χ3v) is 3.17. The van der Waals surface area contributed by atoms with E-state index in [-0.39, 0.29) is 10.9 Å². The van der Waals surface area contributed by atoms with Crippen molar-refractivity contribution in [3.63, 3.8) is 0 Å². The fourth-order valence-corrected chi connectivity index (χ4v) is 1.97. The lowest BCUT2D eigenvalue weighted by molar-refractivity contribution is -0.109. The van der Waals surface area contributed by atoms with Crippen LogP contribution in [0.1, 0.15) is 12.5 Å². The van der Waals surface area contributed by atoms with Gasteiger partial charge in [-0.2, -0.15) is 0 Å². The standard InChI is InChI=1S/C15H12O2S/c1-11(16)18-10-4-6-13-9-8-12-5-2-3-7-14(12)15(13)17/h2-3,5,7-9,17H,10H2,1H3. The Balaban J connectivity index is 2.29. The second-order valence-electron chi connectivity index (χ2n) is 3.76. The maximum Gasteiger partial charge on any atom is 0.186 e. The molecule has 0 aliphatic heterocycles. The van der Waals surface area contributed by atoms with E-state index in [0.29, 0.717) is 11.3 Å². The third-order valence-electron chi connectivity index (χ3n) is 2.47. The molecule has 0 atom stereocenters. The summed E-state index contributed by atoms with van der Waals surface area (Å²) in [6.07, 6.45) is 0. The number of hydrogen-bond donors (Lipinski definition) is 1. The third kappa shape index (κ3) is 2.85. The Labute approximate surface area is 110 Å². The zero-order valence-electron chi connectivity index (χ0n) is 9.93. The summed E-state index contributed by atoms with van der Waals surface area (Å²) in [5.74, 6) is 6.41. The number of aromatic hydroxyl groups is 1. The molecule has 0 aromatic heterocycles. The van der Waals surface area contributed by atoms with Crippen LogP contribution in [0.15, 0.2) is 36.4 Å². The van der Waals surface area contributed by atoms with Crippen LogP contribution in [0.3, 0.4) is 0 Å². The van der Waals surface area contributed by atoms with Crippen molar-refractivity contribution in [1.82, 2.24) is 0 Å². The molecule has 18 heavy (non-hydrogen) atoms. The van der Waals surface area contributed by atoms with Crippen molar-refractivity contribution in [3.8, 4) is 17.6 Å². The van der Waals surface area contributed by atoms with Gasteiger partial charge >= 0.3 is 0 Å². The van der Waals surface area contributed by atoms with Crippen LogP contribution in [-0.2, 0) is 4.79 Å². The minimum absolute atomic E-state index is 0.0482. The van der Waals surface area contributed by atoms with Gasteiger partial charge in [0.05, 0.1) is 11.3 Å². The van der Waals surface area contributed by atoms with Gasteiger partial charge in [0, 0.05) is 12.3 Å². The molecule has 0 unspecified atom stereocenters. The molecule has 0 aliphatic rings. The van der Waals surface area contributed by atoms with Gasteiger partial charge in [0.25, 0.3) is 0 Å². The average molecular weight is 256 g/mol. The molecule has 1 N–H and O–H groups in total. The molecule has 0 spiro atoms. The van der Waals surface area contributed by atoms with E-state index in [1.165, 1.54) is 18.7 Å². The molecule has 3 heteroatoms. The summed E-state index contributed by atoms with van der Waals surface area (Å²) in [4.78, 5) is 10.7. The van der Waals surface area contributed by atoms with Crippen LogP contribution in [0.5, 0.6) is 5.75 Å². The van der Waals surface area contributed by atoms with Crippen molar-refractivity contribution >= 4 is 27.6 Å². The van der Waals surface area contributed by atoms with E-state index >= 15 is 0 Å². The van der Waals surface area contributed by atoms with Crippen LogP contribution in [0.4, 0.5) is 0 Å². The Morgan fingerprint density at radius 3 is 2.83 bits per heavy atom. The molecule has 0 radical (unpaired) electrons. The lowest BCUT2D eigenvalue weighted by Crippen LogP contribution is -1.83. The summed E-state index contributed by atoms with van der Waals surface area (Å²) in [6.45, 7) is 1.51. The van der Waals surface area contributed by atoms with E-state index in [1.807, 2.05) is 30.3 Å². The second-order valence-corrected chi connectivity index (χ2v) is 4.92. The number of thioether (sulfide) groups is 1. The molecule has 90 valence electrons. The van der Waals surface area contributed by atoms with Crippen LogP contribution in [-0.4, -0.2) is 16.0 Å². The fourth-order valence-electron chi connectivity index (χ4n) is 1.63. The molecule has 0 saturated heterocycles. The summed E-state index contributed by atoms with van der Waals surface area (Å²) < 4.78 is 0. The van der Waals surface area contributed by atoms with E-state index in [0.717, 1.165) is 10.8 Å². The minimum Gasteiger partial charge on any atom is -0.506 e. The molecule has 0 heterocycles. The van der Waals surface area contributed by atoms with Crippen LogP contribution in [0.25, 0.3) is 10.8 Å². The molecular formula is C15H12O2S. The summed E-state index contributed by atoms with van der Waals surface area (Å²) in [7, 11) is 0. The highest BCUT2D eigenvalue weighted by Crippen LogP contribution is 2.27. The van der Waals surface area contributed by atoms with Gasteiger partial charge in [-0.15, -0.1) is 0 Å². The molecule has 2 rings (SSSR count). The Bertz CT molecular complexity index is 650. The fraction of sp³-hybridized carbons (Fsp3) is 0.133. The quantitative estimate of drug-likeness (QED) is 0.796. The second kappa shape index (κ2) is 5.61. The molecule has 0 aliphatic carbocycles. The maximum absolute atomic E-state index is 10.7. The molecule has 0 amide bonds. The predicted octanol–water partition coefficient (Wildman–Crippen LogP) is 3.18. The first kappa shape index (κ1) is 12.5. The molecule has 2 nitrogen and oxygen atoms in total. The topological polar surface area (TPSA) is 37.3 Å². The van der Waals surface area contributed by atoms with E-state index in [4.69, 9.17) is 0 Å². The zero-order chi connectivity index (χ0) is 13.0. The number of rotatable bonds is 1. The molecule has 2 aromatic rings. The number of phenols is 1. The zero-order valence-corrected chi connectivity index (χ0v) is 10.8. The van der Waals surface area contributed by atoms with Gasteiger partial charge in [-0.3, -0.25) is 4.79 Å². The summed E-state index contributed by atoms with van der Waals surface area (Å²) in [6, 6.07) is 11.3. The van der Waals surface area contributed by atoms with Crippen molar-refractivity contribution in [3.05, 3.63) is 42.0 Å². The van der Waals surface area contributed by atoms with Gasteiger partial charge in [0.2, 0.25) is 0 Å². The number of phenolic OH excluding ortho intramolecular Hbond substituents is 1. The minimum atomic E-state index is 0.0482. The van der Waals surface area contributed by atoms with Crippen LogP contribution < -0.4 is 0 Å². The average Bonchev–Trinajstić information content (AvgIpc) is 2.37. The maximum atomic E-state index is 10.7. The van der Waals surface area contributed by atoms with E-state index in [9.17, 15) is 9.90 Å². The first-order valence-corrected chi connectivity index (χ1v) is 6.50. The van der Waals surface area contributed by atoms with Gasteiger partial charge in [-0.1, -0.05) is 53.9 Å². The number of hydrogen-bond acceptors (Lipinski definition) is 3. The summed E-state index contributed by atoms with van der Waals surface area (Å²) in [5, 5.41) is 11.9. The predicted molar refractivity (Wildman–Crippen MR) is 75.6 cm³/mol. The Morgan fingerprint density at radius 1 is 1.28 bits per heavy atom. The van der Waals surface area contributed by atoms with Crippen molar-refractivity contribution in [2.75, 3.05) is 5.75 Å². The monoisotopic (exact) mass is 256 g/mol. The number of benzene rings is 2. The first-order chi connectivity index (χ1) is 8.68. The first-order valence-electron chi connectivity index (χ1n) is 5.51. The van der Waals surface area contributed by atoms with Gasteiger partial charge in [0.1, 0.15) is 5.75 Å². The normalized spacial score (nSPS) is 9.83. The molecule has 0 fully saturated rings. The number of carbonyl (C=O) groups excluding carboxylic acids is 1. The van der Waals surface area contributed by atoms with Gasteiger partial charge < -0.3 is 5.11 Å². The summed E-state index contributed by atoms with van der Waals surface area (Å²) in [5.41, 5.74) is 0.595. The van der Waals surface area contributed by atoms with Crippen molar-refractivity contribution in [1.29, 1.82) is 0 Å². The van der Waals surface area contributed by atoms with Crippen LogP contribution in [0.2, 0.25) is 0 Å². The van der Waals surface area contributed by atoms with Crippen molar-refractivity contribution in [2.45, 2.75) is 6.92 Å². The Hall–Kier alpha value is -1.92. The highest BCUT2D eigenvalue weighted by molar-refractivity contribution is 8.13. The highest BCUT2D eigenvalue weighted by atomic mass is 32.2. The molecule has 0 saturated carbocycles. The largest absolute Gasteiger partial charge is 0.506 e. The highest BCUT2D eigenvalue weighted by Gasteiger charge is 2.03. The Morgan fingerprint density at radius 2 is 2.06 bits per heavy atom. The van der Waals surface area contributed by atoms with Crippen molar-refractivity contribution < 1.29 is 9.90 Å². The number of carbonyl (C=O) groups is 1. The van der Waals surface area contributed by atoms with Gasteiger partial charge in [-0.05, 0) is 11.5 Å². The smallest absolute Gasteiger partial charge is 0.186 e. The SMILES string of the molecule is CC(=O)SCC#Cc1ccc2ccccc2c1O. The summed E-state index contributed by atoms with van der Waals surface area (Å²) >= 11 is 1.17. The molecule has 0 bridgehead atoms. The van der Waals surface area contributed by atoms with Crippen LogP contribution in [0, 0.1) is 11.8 Å². The lowest BCUT2D eigenvalue weighted by atomic mass is 10.1. The van der Waals surface area contributed by atoms with E-state index < -0.39 is 0 Å². The van der Waals surface area contributed by atoms with E-state index in [1.54, 1.807) is 6.07 Å². The van der Waals surface area contributed by atoms with Crippen LogP contribution >= 0.6 is 11.8 Å². The lowest BCUT2D eigenvalue weighted by Gasteiger charge is -2.02. The van der Waals surface area contributed by atoms with Crippen molar-refractivity contribution in [2.24, 2.45) is 0 Å². The Kier molecular flexibility index (Phi) is 3.91. The molecular weight excluding hydrogens is 244 g/mol. The van der Waals surface area contributed by atoms with E-state index in [2.05, 4.69) is 11.8 Å².